The number of ether oxygens (including phenoxy) is 2. The average Bonchev–Trinajstić information content (AvgIpc) is 2.99. The normalized spacial score (nSPS) is 19.0. The summed E-state index contributed by atoms with van der Waals surface area (Å²) >= 11 is 0. The largest absolute Gasteiger partial charge is 0.454 e. The number of nitrogens with one attached hydrogen (secondary N) is 1. The van der Waals surface area contributed by atoms with Gasteiger partial charge in [0.15, 0.2) is 11.5 Å². The molecular weight excluding hydrogens is 332 g/mol. The lowest BCUT2D eigenvalue weighted by atomic mass is 10.0. The van der Waals surface area contributed by atoms with E-state index in [1.54, 1.807) is 30.6 Å². The number of hydrogen-bond acceptors (Lipinski definition) is 6. The number of fused-ring (bicyclic) bond motifs is 1. The van der Waals surface area contributed by atoms with E-state index in [1.807, 2.05) is 4.90 Å². The Labute approximate surface area is 152 Å². The molecule has 0 aliphatic carbocycles. The molecular formula is C19H22N4O3. The van der Waals surface area contributed by atoms with E-state index in [-0.39, 0.29) is 18.7 Å². The van der Waals surface area contributed by atoms with Crippen LogP contribution < -0.4 is 14.8 Å². The van der Waals surface area contributed by atoms with E-state index in [0.717, 1.165) is 37.9 Å². The topological polar surface area (TPSA) is 76.6 Å². The van der Waals surface area contributed by atoms with Crippen molar-refractivity contribution in [3.63, 3.8) is 0 Å². The maximum Gasteiger partial charge on any atom is 0.254 e. The summed E-state index contributed by atoms with van der Waals surface area (Å²) in [6, 6.07) is 5.56. The van der Waals surface area contributed by atoms with Crippen molar-refractivity contribution < 1.29 is 14.3 Å². The molecule has 1 fully saturated rings. The van der Waals surface area contributed by atoms with E-state index in [4.69, 9.17) is 9.47 Å². The van der Waals surface area contributed by atoms with E-state index < -0.39 is 0 Å². The lowest BCUT2D eigenvalue weighted by Gasteiger charge is -2.31. The molecule has 1 aromatic carbocycles. The second-order valence-corrected chi connectivity index (χ2v) is 6.58. The van der Waals surface area contributed by atoms with Crippen molar-refractivity contribution in [1.82, 2.24) is 20.2 Å². The fourth-order valence-corrected chi connectivity index (χ4v) is 3.48. The molecule has 0 spiro atoms. The monoisotopic (exact) mass is 354 g/mol. The number of benzene rings is 1. The van der Waals surface area contributed by atoms with Crippen molar-refractivity contribution in [3.05, 3.63) is 48.0 Å². The Hall–Kier alpha value is -2.67. The Morgan fingerprint density at radius 1 is 1.15 bits per heavy atom. The number of nitrogens with zero attached hydrogens (tertiary/aromatic N) is 3. The highest BCUT2D eigenvalue weighted by Gasteiger charge is 2.27. The van der Waals surface area contributed by atoms with Gasteiger partial charge in [-0.1, -0.05) is 0 Å². The second kappa shape index (κ2) is 7.70. The van der Waals surface area contributed by atoms with E-state index in [1.165, 1.54) is 6.33 Å². The molecule has 2 aliphatic rings. The first kappa shape index (κ1) is 16.8. The third kappa shape index (κ3) is 3.62. The molecule has 1 atom stereocenters. The molecule has 0 radical (unpaired) electrons. The molecule has 7 heteroatoms. The van der Waals surface area contributed by atoms with Crippen LogP contribution >= 0.6 is 0 Å². The molecule has 0 unspecified atom stereocenters. The number of carbonyl (C=O) groups is 1. The molecule has 136 valence electrons. The quantitative estimate of drug-likeness (QED) is 0.905. The highest BCUT2D eigenvalue weighted by Crippen LogP contribution is 2.33. The predicted octanol–water partition coefficient (Wildman–Crippen LogP) is 1.99. The van der Waals surface area contributed by atoms with Crippen LogP contribution in [0.3, 0.4) is 0 Å². The van der Waals surface area contributed by atoms with Crippen molar-refractivity contribution in [2.24, 2.45) is 0 Å². The van der Waals surface area contributed by atoms with Crippen LogP contribution in [0, 0.1) is 0 Å². The number of carbonyl (C=O) groups excluding carboxylic acids is 1. The van der Waals surface area contributed by atoms with Gasteiger partial charge in [0.2, 0.25) is 6.79 Å². The Balaban J connectivity index is 1.61. The zero-order valence-corrected chi connectivity index (χ0v) is 14.6. The van der Waals surface area contributed by atoms with Gasteiger partial charge in [0.1, 0.15) is 6.33 Å². The molecule has 0 saturated carbocycles. The summed E-state index contributed by atoms with van der Waals surface area (Å²) in [5.74, 6) is 1.31. The molecule has 4 rings (SSSR count). The number of amides is 1. The molecule has 1 saturated heterocycles. The van der Waals surface area contributed by atoms with Gasteiger partial charge in [-0.3, -0.25) is 4.79 Å². The smallest absolute Gasteiger partial charge is 0.254 e. The van der Waals surface area contributed by atoms with Crippen LogP contribution in [0.2, 0.25) is 0 Å². The third-order valence-corrected chi connectivity index (χ3v) is 4.83. The summed E-state index contributed by atoms with van der Waals surface area (Å²) in [6.45, 7) is 2.61. The summed E-state index contributed by atoms with van der Waals surface area (Å²) in [5.41, 5.74) is 1.54. The van der Waals surface area contributed by atoms with Crippen molar-refractivity contribution >= 4 is 5.91 Å². The summed E-state index contributed by atoms with van der Waals surface area (Å²) in [5, 5.41) is 3.41. The first-order chi connectivity index (χ1) is 12.8. The molecule has 1 aromatic heterocycles. The third-order valence-electron chi connectivity index (χ3n) is 4.83. The number of rotatable bonds is 4. The minimum absolute atomic E-state index is 0.000877. The summed E-state index contributed by atoms with van der Waals surface area (Å²) in [7, 11) is 0. The SMILES string of the molecule is O=C(c1ccc2c(c1)OCO2)N(Cc1cncnc1)[C@@H]1CCCNCC1. The summed E-state index contributed by atoms with van der Waals surface area (Å²) in [4.78, 5) is 23.4. The number of aromatic nitrogens is 2. The zero-order valence-electron chi connectivity index (χ0n) is 14.6. The highest BCUT2D eigenvalue weighted by atomic mass is 16.7. The minimum Gasteiger partial charge on any atom is -0.454 e. The van der Waals surface area contributed by atoms with Gasteiger partial charge in [-0.15, -0.1) is 0 Å². The van der Waals surface area contributed by atoms with Crippen LogP contribution in [0.15, 0.2) is 36.9 Å². The van der Waals surface area contributed by atoms with Gasteiger partial charge < -0.3 is 19.7 Å². The Bertz CT molecular complexity index is 761. The van der Waals surface area contributed by atoms with Gasteiger partial charge in [-0.2, -0.15) is 0 Å². The molecule has 1 amide bonds. The summed E-state index contributed by atoms with van der Waals surface area (Å²) in [6.07, 6.45) is 8.01. The lowest BCUT2D eigenvalue weighted by Crippen LogP contribution is -2.40. The van der Waals surface area contributed by atoms with Gasteiger partial charge in [-0.05, 0) is 50.6 Å². The highest BCUT2D eigenvalue weighted by molar-refractivity contribution is 5.95. The Morgan fingerprint density at radius 2 is 2.00 bits per heavy atom. The molecule has 1 N–H and O–H groups in total. The van der Waals surface area contributed by atoms with Gasteiger partial charge >= 0.3 is 0 Å². The fourth-order valence-electron chi connectivity index (χ4n) is 3.48. The van der Waals surface area contributed by atoms with Crippen molar-refractivity contribution in [2.45, 2.75) is 31.8 Å². The van der Waals surface area contributed by atoms with Crippen LogP contribution in [-0.2, 0) is 6.54 Å². The molecule has 2 aliphatic heterocycles. The second-order valence-electron chi connectivity index (χ2n) is 6.58. The first-order valence-corrected chi connectivity index (χ1v) is 8.96. The molecule has 2 aromatic rings. The average molecular weight is 354 g/mol. The first-order valence-electron chi connectivity index (χ1n) is 8.96. The minimum atomic E-state index is -0.000877. The molecule has 7 nitrogen and oxygen atoms in total. The Morgan fingerprint density at radius 3 is 2.88 bits per heavy atom. The molecule has 0 bridgehead atoms. The predicted molar refractivity (Wildman–Crippen MR) is 95.0 cm³/mol. The van der Waals surface area contributed by atoms with Crippen molar-refractivity contribution in [1.29, 1.82) is 0 Å². The van der Waals surface area contributed by atoms with E-state index >= 15 is 0 Å². The van der Waals surface area contributed by atoms with Gasteiger partial charge in [0.25, 0.3) is 5.91 Å². The van der Waals surface area contributed by atoms with Crippen LogP contribution in [0.4, 0.5) is 0 Å². The maximum absolute atomic E-state index is 13.3. The maximum atomic E-state index is 13.3. The van der Waals surface area contributed by atoms with Crippen LogP contribution in [0.5, 0.6) is 11.5 Å². The number of hydrogen-bond donors (Lipinski definition) is 1. The van der Waals surface area contributed by atoms with E-state index in [2.05, 4.69) is 15.3 Å². The van der Waals surface area contributed by atoms with E-state index in [9.17, 15) is 4.79 Å². The van der Waals surface area contributed by atoms with Crippen molar-refractivity contribution in [2.75, 3.05) is 19.9 Å². The van der Waals surface area contributed by atoms with Crippen molar-refractivity contribution in [3.8, 4) is 11.5 Å². The van der Waals surface area contributed by atoms with Crippen LogP contribution in [0.1, 0.15) is 35.2 Å². The molecule has 26 heavy (non-hydrogen) atoms. The summed E-state index contributed by atoms with van der Waals surface area (Å²) < 4.78 is 10.8. The standard InChI is InChI=1S/C19H22N4O3/c24-19(15-3-4-17-18(8-15)26-13-25-17)23(11-14-9-21-12-22-10-14)16-2-1-6-20-7-5-16/h3-4,8-10,12,16,20H,1-2,5-7,11,13H2/t16-/m1/s1. The molecule has 3 heterocycles. The fraction of sp³-hybridized carbons (Fsp3) is 0.421. The lowest BCUT2D eigenvalue weighted by molar-refractivity contribution is 0.0644. The van der Waals surface area contributed by atoms with Gasteiger partial charge in [0.05, 0.1) is 0 Å². The van der Waals surface area contributed by atoms with Gasteiger partial charge in [0, 0.05) is 36.1 Å². The zero-order chi connectivity index (χ0) is 17.8. The van der Waals surface area contributed by atoms with Crippen LogP contribution in [-0.4, -0.2) is 46.7 Å². The van der Waals surface area contributed by atoms with Crippen LogP contribution in [0.25, 0.3) is 0 Å². The van der Waals surface area contributed by atoms with Gasteiger partial charge in [-0.25, -0.2) is 9.97 Å². The Kier molecular flexibility index (Phi) is 4.97. The van der Waals surface area contributed by atoms with E-state index in [0.29, 0.717) is 23.6 Å².